The fourth-order valence-electron chi connectivity index (χ4n) is 1.81. The van der Waals surface area contributed by atoms with Crippen molar-refractivity contribution in [3.8, 4) is 0 Å². The van der Waals surface area contributed by atoms with Crippen LogP contribution in [0.25, 0.3) is 0 Å². The average molecular weight is 304 g/mol. The number of carbonyl (C=O) groups is 1. The number of carbonyl (C=O) groups excluding carboxylic acids is 1. The molecule has 0 saturated heterocycles. The molecule has 0 unspecified atom stereocenters. The first-order chi connectivity index (χ1) is 9.99. The van der Waals surface area contributed by atoms with Gasteiger partial charge in [0, 0.05) is 5.69 Å². The second-order valence-electron chi connectivity index (χ2n) is 5.01. The van der Waals surface area contributed by atoms with Gasteiger partial charge in [-0.1, -0.05) is 24.3 Å². The Morgan fingerprint density at radius 2 is 2.05 bits per heavy atom. The molecule has 1 amide bonds. The van der Waals surface area contributed by atoms with Crippen LogP contribution in [0.4, 0.5) is 10.8 Å². The van der Waals surface area contributed by atoms with E-state index >= 15 is 0 Å². The molecule has 1 heterocycles. The number of amides is 1. The van der Waals surface area contributed by atoms with Crippen molar-refractivity contribution >= 4 is 28.1 Å². The maximum Gasteiger partial charge on any atom is 0.248 e. The lowest BCUT2D eigenvalue weighted by molar-refractivity contribution is -0.116. The Kier molecular flexibility index (Phi) is 4.90. The van der Waals surface area contributed by atoms with Crippen LogP contribution in [-0.4, -0.2) is 22.1 Å². The molecule has 0 aliphatic heterocycles. The Morgan fingerprint density at radius 3 is 2.67 bits per heavy atom. The van der Waals surface area contributed by atoms with Crippen molar-refractivity contribution in [1.82, 2.24) is 10.2 Å². The molecule has 0 fully saturated rings. The van der Waals surface area contributed by atoms with Crippen LogP contribution in [0.15, 0.2) is 18.2 Å². The van der Waals surface area contributed by atoms with E-state index in [9.17, 15) is 4.79 Å². The summed E-state index contributed by atoms with van der Waals surface area (Å²) in [6.07, 6.45) is 0.823. The van der Waals surface area contributed by atoms with Gasteiger partial charge in [-0.25, -0.2) is 0 Å². The number of rotatable bonds is 5. The number of hydrogen-bond acceptors (Lipinski definition) is 5. The highest BCUT2D eigenvalue weighted by Crippen LogP contribution is 2.17. The number of nitrogens with zero attached hydrogens (tertiary/aromatic N) is 2. The van der Waals surface area contributed by atoms with Gasteiger partial charge in [-0.05, 0) is 50.5 Å². The van der Waals surface area contributed by atoms with Crippen LogP contribution in [0.3, 0.4) is 0 Å². The summed E-state index contributed by atoms with van der Waals surface area (Å²) in [5.41, 5.74) is 3.37. The molecule has 21 heavy (non-hydrogen) atoms. The van der Waals surface area contributed by atoms with Gasteiger partial charge in [0.2, 0.25) is 11.0 Å². The van der Waals surface area contributed by atoms with Crippen LogP contribution in [0, 0.1) is 13.8 Å². The van der Waals surface area contributed by atoms with Crippen molar-refractivity contribution < 1.29 is 4.79 Å². The molecule has 5 nitrogen and oxygen atoms in total. The molecular weight excluding hydrogens is 284 g/mol. The number of nitrogens with one attached hydrogen (secondary N) is 2. The number of benzene rings is 1. The average Bonchev–Trinajstić information content (AvgIpc) is 2.90. The Bertz CT molecular complexity index is 638. The molecule has 2 N–H and O–H groups in total. The highest BCUT2D eigenvalue weighted by Gasteiger charge is 2.15. The maximum atomic E-state index is 12.1. The van der Waals surface area contributed by atoms with Crippen LogP contribution in [-0.2, 0) is 11.2 Å². The number of aryl methyl sites for hydroxylation is 3. The maximum absolute atomic E-state index is 12.1. The summed E-state index contributed by atoms with van der Waals surface area (Å²) >= 11 is 1.41. The van der Waals surface area contributed by atoms with Crippen molar-refractivity contribution in [1.29, 1.82) is 0 Å². The number of hydrogen-bond donors (Lipinski definition) is 2. The van der Waals surface area contributed by atoms with Crippen LogP contribution in [0.5, 0.6) is 0 Å². The molecular formula is C15H20N4OS. The predicted molar refractivity (Wildman–Crippen MR) is 86.9 cm³/mol. The van der Waals surface area contributed by atoms with E-state index in [1.165, 1.54) is 22.5 Å². The summed E-state index contributed by atoms with van der Waals surface area (Å²) in [7, 11) is 0. The Hall–Kier alpha value is -1.95. The minimum atomic E-state index is -0.346. The molecule has 0 aliphatic carbocycles. The lowest BCUT2D eigenvalue weighted by Gasteiger charge is -2.15. The Labute approximate surface area is 128 Å². The number of aromatic nitrogens is 2. The largest absolute Gasteiger partial charge is 0.374 e. The first kappa shape index (κ1) is 15.4. The lowest BCUT2D eigenvalue weighted by Crippen LogP contribution is -2.31. The highest BCUT2D eigenvalue weighted by atomic mass is 32.1. The zero-order valence-electron chi connectivity index (χ0n) is 12.7. The molecule has 0 aliphatic rings. The fourth-order valence-corrected chi connectivity index (χ4v) is 2.49. The van der Waals surface area contributed by atoms with Crippen LogP contribution < -0.4 is 10.6 Å². The fraction of sp³-hybridized carbons (Fsp3) is 0.400. The summed E-state index contributed by atoms with van der Waals surface area (Å²) < 4.78 is 0. The molecule has 1 atom stereocenters. The zero-order chi connectivity index (χ0) is 15.4. The summed E-state index contributed by atoms with van der Waals surface area (Å²) in [6, 6.07) is 5.72. The Balaban J connectivity index is 1.97. The van der Waals surface area contributed by atoms with Gasteiger partial charge >= 0.3 is 0 Å². The van der Waals surface area contributed by atoms with Crippen molar-refractivity contribution in [2.75, 3.05) is 10.6 Å². The summed E-state index contributed by atoms with van der Waals surface area (Å²) in [5, 5.41) is 15.4. The SMILES string of the molecule is CCc1nnc(NC(=O)[C@H](C)Nc2ccc(C)c(C)c2)s1. The predicted octanol–water partition coefficient (Wildman–Crippen LogP) is 3.16. The van der Waals surface area contributed by atoms with Gasteiger partial charge in [-0.15, -0.1) is 10.2 Å². The van der Waals surface area contributed by atoms with E-state index in [0.29, 0.717) is 5.13 Å². The molecule has 2 aromatic rings. The molecule has 112 valence electrons. The highest BCUT2D eigenvalue weighted by molar-refractivity contribution is 7.15. The van der Waals surface area contributed by atoms with Crippen LogP contribution >= 0.6 is 11.3 Å². The van der Waals surface area contributed by atoms with Crippen LogP contribution in [0.1, 0.15) is 30.0 Å². The first-order valence-corrected chi connectivity index (χ1v) is 7.78. The van der Waals surface area contributed by atoms with Gasteiger partial charge in [0.1, 0.15) is 11.0 Å². The van der Waals surface area contributed by atoms with Crippen molar-refractivity contribution in [3.05, 3.63) is 34.3 Å². The van der Waals surface area contributed by atoms with Crippen molar-refractivity contribution in [3.63, 3.8) is 0 Å². The monoisotopic (exact) mass is 304 g/mol. The molecule has 1 aromatic heterocycles. The third-order valence-corrected chi connectivity index (χ3v) is 4.27. The standard InChI is InChI=1S/C15H20N4OS/c1-5-13-18-19-15(21-13)17-14(20)11(4)16-12-7-6-9(2)10(3)8-12/h6-8,11,16H,5H2,1-4H3,(H,17,19,20)/t11-/m0/s1. The summed E-state index contributed by atoms with van der Waals surface area (Å²) in [6.45, 7) is 7.96. The van der Waals surface area contributed by atoms with Gasteiger partial charge < -0.3 is 5.32 Å². The van der Waals surface area contributed by atoms with E-state index in [-0.39, 0.29) is 11.9 Å². The zero-order valence-corrected chi connectivity index (χ0v) is 13.5. The van der Waals surface area contributed by atoms with E-state index in [1.54, 1.807) is 0 Å². The lowest BCUT2D eigenvalue weighted by atomic mass is 10.1. The summed E-state index contributed by atoms with van der Waals surface area (Å²) in [4.78, 5) is 12.1. The topological polar surface area (TPSA) is 66.9 Å². The van der Waals surface area contributed by atoms with Gasteiger partial charge in [0.25, 0.3) is 0 Å². The second kappa shape index (κ2) is 6.67. The molecule has 2 rings (SSSR count). The van der Waals surface area contributed by atoms with E-state index in [4.69, 9.17) is 0 Å². The normalized spacial score (nSPS) is 12.0. The second-order valence-corrected chi connectivity index (χ2v) is 6.07. The van der Waals surface area contributed by atoms with Crippen molar-refractivity contribution in [2.24, 2.45) is 0 Å². The van der Waals surface area contributed by atoms with E-state index < -0.39 is 0 Å². The third kappa shape index (κ3) is 4.01. The number of anilines is 2. The van der Waals surface area contributed by atoms with E-state index in [0.717, 1.165) is 17.1 Å². The quantitative estimate of drug-likeness (QED) is 0.890. The van der Waals surface area contributed by atoms with Crippen molar-refractivity contribution in [2.45, 2.75) is 40.2 Å². The van der Waals surface area contributed by atoms with E-state index in [2.05, 4.69) is 34.7 Å². The van der Waals surface area contributed by atoms with Gasteiger partial charge in [0.05, 0.1) is 0 Å². The molecule has 0 saturated carbocycles. The van der Waals surface area contributed by atoms with Gasteiger partial charge in [0.15, 0.2) is 0 Å². The minimum absolute atomic E-state index is 0.118. The summed E-state index contributed by atoms with van der Waals surface area (Å²) in [5.74, 6) is -0.118. The molecule has 0 spiro atoms. The first-order valence-electron chi connectivity index (χ1n) is 6.96. The smallest absolute Gasteiger partial charge is 0.248 e. The minimum Gasteiger partial charge on any atom is -0.374 e. The Morgan fingerprint density at radius 1 is 1.29 bits per heavy atom. The van der Waals surface area contributed by atoms with Gasteiger partial charge in [-0.3, -0.25) is 10.1 Å². The van der Waals surface area contributed by atoms with Gasteiger partial charge in [-0.2, -0.15) is 0 Å². The molecule has 6 heteroatoms. The molecule has 1 aromatic carbocycles. The molecule has 0 radical (unpaired) electrons. The van der Waals surface area contributed by atoms with E-state index in [1.807, 2.05) is 32.0 Å². The van der Waals surface area contributed by atoms with Crippen LogP contribution in [0.2, 0.25) is 0 Å². The third-order valence-electron chi connectivity index (χ3n) is 3.28. The molecule has 0 bridgehead atoms.